The van der Waals surface area contributed by atoms with Crippen LogP contribution in [-0.2, 0) is 0 Å². The van der Waals surface area contributed by atoms with E-state index in [0.717, 1.165) is 31.5 Å². The lowest BCUT2D eigenvalue weighted by Crippen LogP contribution is -1.87. The lowest BCUT2D eigenvalue weighted by molar-refractivity contribution is 0.629. The van der Waals surface area contributed by atoms with Gasteiger partial charge >= 0.3 is 0 Å². The molecular formula is C16H9F2NS2. The Bertz CT molecular complexity index is 877. The summed E-state index contributed by atoms with van der Waals surface area (Å²) in [5, 5.41) is 9.28. The summed E-state index contributed by atoms with van der Waals surface area (Å²) in [6.45, 7) is 0. The zero-order chi connectivity index (χ0) is 14.4. The Morgan fingerprint density at radius 1 is 0.714 bits per heavy atom. The maximum Gasteiger partial charge on any atom is 0.124 e. The Morgan fingerprint density at radius 3 is 1.67 bits per heavy atom. The van der Waals surface area contributed by atoms with Crippen molar-refractivity contribution in [1.82, 2.24) is 0 Å². The van der Waals surface area contributed by atoms with Gasteiger partial charge in [0.1, 0.15) is 11.6 Å². The van der Waals surface area contributed by atoms with E-state index in [2.05, 4.69) is 5.32 Å². The minimum atomic E-state index is -0.229. The van der Waals surface area contributed by atoms with E-state index in [1.807, 2.05) is 10.8 Å². The van der Waals surface area contributed by atoms with Crippen LogP contribution in [0.25, 0.3) is 20.2 Å². The molecule has 0 amide bonds. The number of hydrogen-bond acceptors (Lipinski definition) is 3. The van der Waals surface area contributed by atoms with Gasteiger partial charge in [-0.25, -0.2) is 8.78 Å². The standard InChI is InChI=1S/C16H9F2NS2/c17-9-1-3-11-13(7-20-15(11)5-9)19-14-8-21-16-6-10(18)2-4-12(14)16/h1-8,19H. The number of thiophene rings is 2. The minimum absolute atomic E-state index is 0.229. The van der Waals surface area contributed by atoms with Crippen LogP contribution in [0.15, 0.2) is 47.2 Å². The molecule has 104 valence electrons. The number of anilines is 2. The molecule has 2 aromatic carbocycles. The van der Waals surface area contributed by atoms with Gasteiger partial charge < -0.3 is 5.32 Å². The topological polar surface area (TPSA) is 12.0 Å². The lowest BCUT2D eigenvalue weighted by atomic mass is 10.2. The fraction of sp³-hybridized carbons (Fsp3) is 0. The first-order chi connectivity index (χ1) is 10.2. The van der Waals surface area contributed by atoms with Crippen LogP contribution in [0.3, 0.4) is 0 Å². The first kappa shape index (κ1) is 12.7. The van der Waals surface area contributed by atoms with Gasteiger partial charge in [0.25, 0.3) is 0 Å². The summed E-state index contributed by atoms with van der Waals surface area (Å²) in [6.07, 6.45) is 0. The Kier molecular flexibility index (Phi) is 2.90. The second-order valence-electron chi connectivity index (χ2n) is 4.70. The van der Waals surface area contributed by atoms with Crippen molar-refractivity contribution in [2.24, 2.45) is 0 Å². The van der Waals surface area contributed by atoms with Crippen LogP contribution in [0, 0.1) is 11.6 Å². The van der Waals surface area contributed by atoms with Crippen LogP contribution in [0.5, 0.6) is 0 Å². The number of fused-ring (bicyclic) bond motifs is 2. The quantitative estimate of drug-likeness (QED) is 0.468. The molecule has 0 saturated carbocycles. The van der Waals surface area contributed by atoms with E-state index in [9.17, 15) is 8.78 Å². The van der Waals surface area contributed by atoms with Crippen LogP contribution in [-0.4, -0.2) is 0 Å². The largest absolute Gasteiger partial charge is 0.353 e. The number of halogens is 2. The molecule has 1 nitrogen and oxygen atoms in total. The first-order valence-electron chi connectivity index (χ1n) is 6.31. The molecule has 4 aromatic rings. The molecule has 2 heterocycles. The van der Waals surface area contributed by atoms with Gasteiger partial charge in [0, 0.05) is 30.9 Å². The maximum absolute atomic E-state index is 13.2. The van der Waals surface area contributed by atoms with Crippen molar-refractivity contribution in [1.29, 1.82) is 0 Å². The molecule has 0 radical (unpaired) electrons. The smallest absolute Gasteiger partial charge is 0.124 e. The second-order valence-corrected chi connectivity index (χ2v) is 6.53. The SMILES string of the molecule is Fc1ccc2c(Nc3csc4cc(F)ccc34)csc2c1. The Hall–Kier alpha value is -1.98. The van der Waals surface area contributed by atoms with Crippen LogP contribution >= 0.6 is 22.7 Å². The van der Waals surface area contributed by atoms with E-state index in [0.29, 0.717) is 0 Å². The van der Waals surface area contributed by atoms with Crippen molar-refractivity contribution in [2.75, 3.05) is 5.32 Å². The molecule has 0 aliphatic rings. The third-order valence-corrected chi connectivity index (χ3v) is 5.23. The van der Waals surface area contributed by atoms with Crippen molar-refractivity contribution < 1.29 is 8.78 Å². The Labute approximate surface area is 127 Å². The predicted octanol–water partition coefficient (Wildman–Crippen LogP) is 6.14. The molecule has 0 fully saturated rings. The van der Waals surface area contributed by atoms with Gasteiger partial charge in [-0.3, -0.25) is 0 Å². The van der Waals surface area contributed by atoms with Gasteiger partial charge in [-0.2, -0.15) is 0 Å². The van der Waals surface area contributed by atoms with E-state index < -0.39 is 0 Å². The molecule has 21 heavy (non-hydrogen) atoms. The molecule has 1 N–H and O–H groups in total. The van der Waals surface area contributed by atoms with Crippen molar-refractivity contribution in [3.05, 3.63) is 58.8 Å². The van der Waals surface area contributed by atoms with E-state index in [4.69, 9.17) is 0 Å². The molecule has 0 unspecified atom stereocenters. The van der Waals surface area contributed by atoms with E-state index in [1.54, 1.807) is 12.1 Å². The highest BCUT2D eigenvalue weighted by atomic mass is 32.1. The van der Waals surface area contributed by atoms with Crippen LogP contribution in [0.4, 0.5) is 20.2 Å². The molecular weight excluding hydrogens is 308 g/mol. The highest BCUT2D eigenvalue weighted by molar-refractivity contribution is 7.18. The third kappa shape index (κ3) is 2.18. The summed E-state index contributed by atoms with van der Waals surface area (Å²) in [5.41, 5.74) is 1.89. The minimum Gasteiger partial charge on any atom is -0.353 e. The lowest BCUT2D eigenvalue weighted by Gasteiger charge is -2.04. The summed E-state index contributed by atoms with van der Waals surface area (Å²) in [4.78, 5) is 0. The molecule has 0 saturated heterocycles. The fourth-order valence-corrected chi connectivity index (χ4v) is 4.18. The number of benzene rings is 2. The molecule has 4 rings (SSSR count). The Balaban J connectivity index is 1.79. The summed E-state index contributed by atoms with van der Waals surface area (Å²) >= 11 is 3.00. The van der Waals surface area contributed by atoms with Gasteiger partial charge in [0.15, 0.2) is 0 Å². The van der Waals surface area contributed by atoms with Gasteiger partial charge in [0.2, 0.25) is 0 Å². The normalized spacial score (nSPS) is 11.3. The van der Waals surface area contributed by atoms with Crippen LogP contribution in [0.1, 0.15) is 0 Å². The van der Waals surface area contributed by atoms with Gasteiger partial charge in [-0.05, 0) is 36.4 Å². The van der Waals surface area contributed by atoms with Gasteiger partial charge in [-0.1, -0.05) is 0 Å². The van der Waals surface area contributed by atoms with E-state index in [1.165, 1.54) is 46.9 Å². The molecule has 0 spiro atoms. The first-order valence-corrected chi connectivity index (χ1v) is 8.07. The Morgan fingerprint density at radius 2 is 1.19 bits per heavy atom. The summed E-state index contributed by atoms with van der Waals surface area (Å²) in [7, 11) is 0. The number of hydrogen-bond donors (Lipinski definition) is 1. The summed E-state index contributed by atoms with van der Waals surface area (Å²) in [6, 6.07) is 9.54. The van der Waals surface area contributed by atoms with Crippen LogP contribution < -0.4 is 5.32 Å². The van der Waals surface area contributed by atoms with Crippen molar-refractivity contribution in [2.45, 2.75) is 0 Å². The summed E-state index contributed by atoms with van der Waals surface area (Å²) in [5.74, 6) is -0.459. The molecule has 0 atom stereocenters. The van der Waals surface area contributed by atoms with Gasteiger partial charge in [0.05, 0.1) is 11.4 Å². The fourth-order valence-electron chi connectivity index (χ4n) is 2.34. The van der Waals surface area contributed by atoms with Crippen molar-refractivity contribution in [3.63, 3.8) is 0 Å². The summed E-state index contributed by atoms with van der Waals surface area (Å²) < 4.78 is 28.3. The van der Waals surface area contributed by atoms with Crippen molar-refractivity contribution >= 4 is 54.2 Å². The molecule has 0 aliphatic carbocycles. The average molecular weight is 317 g/mol. The maximum atomic E-state index is 13.2. The zero-order valence-electron chi connectivity index (χ0n) is 10.7. The van der Waals surface area contributed by atoms with Crippen LogP contribution in [0.2, 0.25) is 0 Å². The highest BCUT2D eigenvalue weighted by Gasteiger charge is 2.09. The van der Waals surface area contributed by atoms with E-state index in [-0.39, 0.29) is 11.6 Å². The second kappa shape index (κ2) is 4.79. The molecule has 0 bridgehead atoms. The monoisotopic (exact) mass is 317 g/mol. The van der Waals surface area contributed by atoms with Crippen molar-refractivity contribution in [3.8, 4) is 0 Å². The third-order valence-electron chi connectivity index (χ3n) is 3.34. The predicted molar refractivity (Wildman–Crippen MR) is 86.8 cm³/mol. The van der Waals surface area contributed by atoms with E-state index >= 15 is 0 Å². The number of rotatable bonds is 2. The van der Waals surface area contributed by atoms with Gasteiger partial charge in [-0.15, -0.1) is 22.7 Å². The molecule has 5 heteroatoms. The molecule has 2 aromatic heterocycles. The molecule has 0 aliphatic heterocycles. The number of nitrogens with one attached hydrogen (secondary N) is 1. The zero-order valence-corrected chi connectivity index (χ0v) is 12.3. The highest BCUT2D eigenvalue weighted by Crippen LogP contribution is 2.37. The average Bonchev–Trinajstić information content (AvgIpc) is 3.03.